The van der Waals surface area contributed by atoms with Crippen LogP contribution in [0.3, 0.4) is 0 Å². The molecular weight excluding hydrogens is 406 g/mol. The van der Waals surface area contributed by atoms with E-state index in [1.165, 1.54) is 5.56 Å². The number of carbonyl (C=O) groups is 1. The monoisotopic (exact) mass is 433 g/mol. The Kier molecular flexibility index (Phi) is 5.57. The van der Waals surface area contributed by atoms with E-state index in [4.69, 9.17) is 16.3 Å². The quantitative estimate of drug-likeness (QED) is 0.467. The molecule has 4 heteroatoms. The van der Waals surface area contributed by atoms with Gasteiger partial charge in [0, 0.05) is 21.7 Å². The van der Waals surface area contributed by atoms with Crippen LogP contribution in [0.4, 0.5) is 5.69 Å². The van der Waals surface area contributed by atoms with Gasteiger partial charge in [0.1, 0.15) is 5.75 Å². The van der Waals surface area contributed by atoms with Gasteiger partial charge in [-0.1, -0.05) is 66.6 Å². The van der Waals surface area contributed by atoms with Crippen LogP contribution in [0.2, 0.25) is 5.02 Å². The molecule has 3 aromatic rings. The summed E-state index contributed by atoms with van der Waals surface area (Å²) in [6, 6.07) is 24.0. The summed E-state index contributed by atoms with van der Waals surface area (Å²) in [5.41, 5.74) is 3.80. The Labute approximate surface area is 189 Å². The SMILES string of the molecule is Cc1ccc(OCC(=O)N2c3ccccc3C(C)(c3ccc(Cl)cc3)CC2(C)C)cc1. The summed E-state index contributed by atoms with van der Waals surface area (Å²) in [5, 5.41) is 0.723. The van der Waals surface area contributed by atoms with Gasteiger partial charge < -0.3 is 9.64 Å². The Balaban J connectivity index is 1.69. The maximum atomic E-state index is 13.4. The third kappa shape index (κ3) is 4.07. The molecule has 31 heavy (non-hydrogen) atoms. The number of fused-ring (bicyclic) bond motifs is 1. The lowest BCUT2D eigenvalue weighted by Gasteiger charge is -2.51. The first-order valence-electron chi connectivity index (χ1n) is 10.6. The van der Waals surface area contributed by atoms with E-state index in [2.05, 4.69) is 39.0 Å². The van der Waals surface area contributed by atoms with Gasteiger partial charge in [0.25, 0.3) is 5.91 Å². The second kappa shape index (κ2) is 8.05. The molecule has 1 atom stereocenters. The molecule has 1 aliphatic heterocycles. The first kappa shape index (κ1) is 21.5. The highest BCUT2D eigenvalue weighted by Crippen LogP contribution is 2.50. The number of aryl methyl sites for hydroxylation is 1. The topological polar surface area (TPSA) is 29.5 Å². The number of anilines is 1. The van der Waals surface area contributed by atoms with Crippen LogP contribution >= 0.6 is 11.6 Å². The van der Waals surface area contributed by atoms with Crippen LogP contribution < -0.4 is 9.64 Å². The van der Waals surface area contributed by atoms with Gasteiger partial charge in [0.05, 0.1) is 0 Å². The van der Waals surface area contributed by atoms with Gasteiger partial charge in [-0.05, 0) is 68.7 Å². The van der Waals surface area contributed by atoms with Gasteiger partial charge in [0.15, 0.2) is 6.61 Å². The summed E-state index contributed by atoms with van der Waals surface area (Å²) < 4.78 is 5.83. The van der Waals surface area contributed by atoms with Gasteiger partial charge in [-0.3, -0.25) is 4.79 Å². The predicted octanol–water partition coefficient (Wildman–Crippen LogP) is 6.55. The zero-order valence-electron chi connectivity index (χ0n) is 18.5. The molecule has 0 spiro atoms. The van der Waals surface area contributed by atoms with Crippen molar-refractivity contribution in [2.75, 3.05) is 11.5 Å². The van der Waals surface area contributed by atoms with Crippen LogP contribution in [0.1, 0.15) is 43.9 Å². The van der Waals surface area contributed by atoms with Crippen molar-refractivity contribution in [2.45, 2.75) is 45.1 Å². The first-order chi connectivity index (χ1) is 14.7. The van der Waals surface area contributed by atoms with Crippen molar-refractivity contribution < 1.29 is 9.53 Å². The molecule has 1 heterocycles. The van der Waals surface area contributed by atoms with Gasteiger partial charge >= 0.3 is 0 Å². The largest absolute Gasteiger partial charge is 0.484 e. The van der Waals surface area contributed by atoms with E-state index >= 15 is 0 Å². The summed E-state index contributed by atoms with van der Waals surface area (Å²) in [6.45, 7) is 8.53. The summed E-state index contributed by atoms with van der Waals surface area (Å²) in [5.74, 6) is 0.657. The van der Waals surface area contributed by atoms with Gasteiger partial charge in [-0.25, -0.2) is 0 Å². The number of nitrogens with zero attached hydrogens (tertiary/aromatic N) is 1. The fraction of sp³-hybridized carbons (Fsp3) is 0.296. The van der Waals surface area contributed by atoms with Gasteiger partial charge in [-0.15, -0.1) is 0 Å². The highest BCUT2D eigenvalue weighted by atomic mass is 35.5. The van der Waals surface area contributed by atoms with Crippen LogP contribution in [0.25, 0.3) is 0 Å². The molecule has 0 aromatic heterocycles. The van der Waals surface area contributed by atoms with Crippen molar-refractivity contribution in [3.05, 3.63) is 94.5 Å². The number of hydrogen-bond acceptors (Lipinski definition) is 2. The van der Waals surface area contributed by atoms with Crippen molar-refractivity contribution in [3.8, 4) is 5.75 Å². The van der Waals surface area contributed by atoms with Crippen LogP contribution in [-0.2, 0) is 10.2 Å². The van der Waals surface area contributed by atoms with E-state index in [0.717, 1.165) is 28.3 Å². The molecule has 0 aliphatic carbocycles. The molecule has 0 fully saturated rings. The molecule has 0 saturated carbocycles. The van der Waals surface area contributed by atoms with E-state index in [1.54, 1.807) is 0 Å². The normalized spacial score (nSPS) is 19.6. The van der Waals surface area contributed by atoms with Crippen molar-refractivity contribution in [1.82, 2.24) is 0 Å². The number of rotatable bonds is 4. The van der Waals surface area contributed by atoms with Crippen molar-refractivity contribution in [2.24, 2.45) is 0 Å². The molecule has 0 bridgehead atoms. The molecule has 160 valence electrons. The Bertz CT molecular complexity index is 1090. The number of benzene rings is 3. The molecule has 0 N–H and O–H groups in total. The van der Waals surface area contributed by atoms with Crippen molar-refractivity contribution in [1.29, 1.82) is 0 Å². The number of para-hydroxylation sites is 1. The van der Waals surface area contributed by atoms with Crippen molar-refractivity contribution >= 4 is 23.2 Å². The lowest BCUT2D eigenvalue weighted by molar-refractivity contribution is -0.121. The fourth-order valence-corrected chi connectivity index (χ4v) is 5.02. The molecule has 1 amide bonds. The number of hydrogen-bond donors (Lipinski definition) is 0. The summed E-state index contributed by atoms with van der Waals surface area (Å²) in [7, 11) is 0. The molecule has 3 nitrogen and oxygen atoms in total. The van der Waals surface area contributed by atoms with Crippen LogP contribution in [0, 0.1) is 6.92 Å². The van der Waals surface area contributed by atoms with Crippen LogP contribution in [-0.4, -0.2) is 18.1 Å². The van der Waals surface area contributed by atoms with Crippen LogP contribution in [0.5, 0.6) is 5.75 Å². The smallest absolute Gasteiger partial charge is 0.265 e. The zero-order valence-corrected chi connectivity index (χ0v) is 19.2. The average Bonchev–Trinajstić information content (AvgIpc) is 2.73. The molecular formula is C27H28ClNO2. The maximum Gasteiger partial charge on any atom is 0.265 e. The van der Waals surface area contributed by atoms with Gasteiger partial charge in [0.2, 0.25) is 0 Å². The third-order valence-electron chi connectivity index (χ3n) is 6.24. The summed E-state index contributed by atoms with van der Waals surface area (Å²) in [6.07, 6.45) is 0.787. The molecule has 3 aromatic carbocycles. The van der Waals surface area contributed by atoms with Crippen molar-refractivity contribution in [3.63, 3.8) is 0 Å². The molecule has 0 radical (unpaired) electrons. The minimum atomic E-state index is -0.392. The standard InChI is InChI=1S/C27H28ClNO2/c1-19-9-15-22(16-10-19)31-17-25(30)29-24-8-6-5-7-23(24)27(4,18-26(29,2)3)20-11-13-21(28)14-12-20/h5-16H,17-18H2,1-4H3. The van der Waals surface area contributed by atoms with Crippen LogP contribution in [0.15, 0.2) is 72.8 Å². The fourth-order valence-electron chi connectivity index (χ4n) is 4.89. The molecule has 1 unspecified atom stereocenters. The minimum Gasteiger partial charge on any atom is -0.484 e. The predicted molar refractivity (Wildman–Crippen MR) is 127 cm³/mol. The lowest BCUT2D eigenvalue weighted by atomic mass is 9.65. The second-order valence-electron chi connectivity index (χ2n) is 9.18. The molecule has 1 aliphatic rings. The van der Waals surface area contributed by atoms with E-state index in [-0.39, 0.29) is 17.9 Å². The molecule has 4 rings (SSSR count). The Hall–Kier alpha value is -2.78. The number of carbonyl (C=O) groups excluding carboxylic acids is 1. The number of ether oxygens (including phenoxy) is 1. The van der Waals surface area contributed by atoms with E-state index in [9.17, 15) is 4.79 Å². The van der Waals surface area contributed by atoms with E-state index < -0.39 is 5.54 Å². The van der Waals surface area contributed by atoms with E-state index in [0.29, 0.717) is 5.75 Å². The number of amides is 1. The van der Waals surface area contributed by atoms with E-state index in [1.807, 2.05) is 66.4 Å². The highest BCUT2D eigenvalue weighted by Gasteiger charge is 2.47. The Morgan fingerprint density at radius 2 is 1.61 bits per heavy atom. The Morgan fingerprint density at radius 1 is 0.968 bits per heavy atom. The zero-order chi connectivity index (χ0) is 22.2. The number of halogens is 1. The second-order valence-corrected chi connectivity index (χ2v) is 9.61. The summed E-state index contributed by atoms with van der Waals surface area (Å²) in [4.78, 5) is 15.3. The van der Waals surface area contributed by atoms with Gasteiger partial charge in [-0.2, -0.15) is 0 Å². The highest BCUT2D eigenvalue weighted by molar-refractivity contribution is 6.30. The lowest BCUT2D eigenvalue weighted by Crippen LogP contribution is -2.57. The minimum absolute atomic E-state index is 0.00150. The first-order valence-corrected chi connectivity index (χ1v) is 11.0. The maximum absolute atomic E-state index is 13.4. The third-order valence-corrected chi connectivity index (χ3v) is 6.50. The Morgan fingerprint density at radius 3 is 2.29 bits per heavy atom. The summed E-state index contributed by atoms with van der Waals surface area (Å²) >= 11 is 6.14. The molecule has 0 saturated heterocycles. The average molecular weight is 434 g/mol.